The van der Waals surface area contributed by atoms with Crippen LogP contribution in [0.4, 0.5) is 0 Å². The Morgan fingerprint density at radius 1 is 1.03 bits per heavy atom. The van der Waals surface area contributed by atoms with Crippen molar-refractivity contribution >= 4 is 35.6 Å². The van der Waals surface area contributed by atoms with E-state index in [2.05, 4.69) is 30.9 Å². The van der Waals surface area contributed by atoms with E-state index in [1.54, 1.807) is 0 Å². The molecule has 0 radical (unpaired) electrons. The van der Waals surface area contributed by atoms with Crippen LogP contribution in [0.1, 0.15) is 38.3 Å². The van der Waals surface area contributed by atoms with Gasteiger partial charge in [-0.2, -0.15) is 0 Å². The van der Waals surface area contributed by atoms with Crippen LogP contribution in [0.25, 0.3) is 0 Å². The summed E-state index contributed by atoms with van der Waals surface area (Å²) in [6.45, 7) is 1.59. The topological polar surface area (TPSA) is 281 Å². The molecule has 3 amide bonds. The second-order valence-electron chi connectivity index (χ2n) is 7.96. The minimum absolute atomic E-state index is 0.00297. The number of nitrogens with one attached hydrogen (secondary N) is 4. The first-order chi connectivity index (χ1) is 16.9. The molecule has 4 atom stereocenters. The molecule has 4 unspecified atom stereocenters. The number of hydrogen-bond acceptors (Lipinski definition) is 8. The van der Waals surface area contributed by atoms with Gasteiger partial charge in [-0.15, -0.1) is 0 Å². The van der Waals surface area contributed by atoms with Gasteiger partial charge in [0.1, 0.15) is 18.1 Å². The maximum atomic E-state index is 12.9. The number of aliphatic imine (C=N–C) groups is 1. The van der Waals surface area contributed by atoms with Gasteiger partial charge in [0.15, 0.2) is 5.96 Å². The number of carboxylic acids is 2. The molecule has 1 aromatic heterocycles. The highest BCUT2D eigenvalue weighted by atomic mass is 16.4. The van der Waals surface area contributed by atoms with Gasteiger partial charge >= 0.3 is 11.9 Å². The molecule has 1 aromatic rings. The highest BCUT2D eigenvalue weighted by molar-refractivity contribution is 5.94. The third kappa shape index (κ3) is 11.3. The molecule has 0 aliphatic carbocycles. The van der Waals surface area contributed by atoms with Crippen molar-refractivity contribution in [3.05, 3.63) is 18.2 Å². The molecule has 16 heteroatoms. The third-order valence-electron chi connectivity index (χ3n) is 4.93. The number of amides is 3. The average Bonchev–Trinajstić information content (AvgIpc) is 3.31. The third-order valence-corrected chi connectivity index (χ3v) is 4.93. The number of aliphatic carboxylic acids is 2. The summed E-state index contributed by atoms with van der Waals surface area (Å²) in [5, 5.41) is 25.1. The van der Waals surface area contributed by atoms with Crippen LogP contribution in [0.2, 0.25) is 0 Å². The molecule has 36 heavy (non-hydrogen) atoms. The summed E-state index contributed by atoms with van der Waals surface area (Å²) < 4.78 is 0. The summed E-state index contributed by atoms with van der Waals surface area (Å²) >= 11 is 0. The van der Waals surface area contributed by atoms with Gasteiger partial charge in [-0.05, 0) is 26.2 Å². The number of carbonyl (C=O) groups is 5. The maximum absolute atomic E-state index is 12.9. The molecule has 12 N–H and O–H groups in total. The lowest BCUT2D eigenvalue weighted by molar-refractivity contribution is -0.143. The number of aromatic amines is 1. The van der Waals surface area contributed by atoms with Gasteiger partial charge in [0.25, 0.3) is 0 Å². The Hall–Kier alpha value is -4.21. The van der Waals surface area contributed by atoms with Crippen LogP contribution in [-0.2, 0) is 30.4 Å². The SMILES string of the molecule is CC(NC(=O)C(Cc1cnc[nH]1)NC(=O)C(N)CCCN=C(N)N)C(=O)NC(CCC(=O)O)C(=O)O. The van der Waals surface area contributed by atoms with E-state index in [9.17, 15) is 29.1 Å². The van der Waals surface area contributed by atoms with Crippen LogP contribution in [-0.4, -0.2) is 86.5 Å². The van der Waals surface area contributed by atoms with Gasteiger partial charge in [-0.25, -0.2) is 9.78 Å². The van der Waals surface area contributed by atoms with E-state index in [4.69, 9.17) is 22.3 Å². The lowest BCUT2D eigenvalue weighted by atomic mass is 10.1. The fourth-order valence-corrected chi connectivity index (χ4v) is 2.96. The lowest BCUT2D eigenvalue weighted by Gasteiger charge is -2.23. The fraction of sp³-hybridized carbons (Fsp3) is 0.550. The Bertz CT molecular complexity index is 932. The van der Waals surface area contributed by atoms with Gasteiger partial charge < -0.3 is 48.3 Å². The molecule has 200 valence electrons. The molecule has 0 fully saturated rings. The monoisotopic (exact) mass is 511 g/mol. The largest absolute Gasteiger partial charge is 0.481 e. The Morgan fingerprint density at radius 2 is 1.69 bits per heavy atom. The molecule has 0 spiro atoms. The van der Waals surface area contributed by atoms with Crippen molar-refractivity contribution in [3.8, 4) is 0 Å². The van der Waals surface area contributed by atoms with Crippen LogP contribution >= 0.6 is 0 Å². The molecule has 0 aliphatic heterocycles. The highest BCUT2D eigenvalue weighted by Crippen LogP contribution is 2.03. The zero-order chi connectivity index (χ0) is 27.3. The number of hydrogen-bond donors (Lipinski definition) is 9. The number of nitrogens with two attached hydrogens (primary N) is 3. The van der Waals surface area contributed by atoms with E-state index in [0.29, 0.717) is 12.1 Å². The van der Waals surface area contributed by atoms with Gasteiger partial charge in [-0.3, -0.25) is 24.2 Å². The zero-order valence-corrected chi connectivity index (χ0v) is 19.8. The van der Waals surface area contributed by atoms with Crippen molar-refractivity contribution in [2.75, 3.05) is 6.54 Å². The van der Waals surface area contributed by atoms with Crippen molar-refractivity contribution in [2.24, 2.45) is 22.2 Å². The van der Waals surface area contributed by atoms with Crippen LogP contribution in [0.15, 0.2) is 17.5 Å². The van der Waals surface area contributed by atoms with Crippen molar-refractivity contribution in [1.82, 2.24) is 25.9 Å². The summed E-state index contributed by atoms with van der Waals surface area (Å²) in [5.74, 6) is -4.91. The number of imidazole rings is 1. The minimum Gasteiger partial charge on any atom is -0.481 e. The maximum Gasteiger partial charge on any atom is 0.326 e. The van der Waals surface area contributed by atoms with Gasteiger partial charge in [0.2, 0.25) is 17.7 Å². The number of nitrogens with zero attached hydrogens (tertiary/aromatic N) is 2. The molecule has 0 bridgehead atoms. The molecular formula is C20H33N9O7. The fourth-order valence-electron chi connectivity index (χ4n) is 2.96. The predicted octanol–water partition coefficient (Wildman–Crippen LogP) is -3.24. The van der Waals surface area contributed by atoms with Crippen LogP contribution in [0.5, 0.6) is 0 Å². The second-order valence-corrected chi connectivity index (χ2v) is 7.96. The van der Waals surface area contributed by atoms with E-state index in [-0.39, 0.29) is 31.8 Å². The summed E-state index contributed by atoms with van der Waals surface area (Å²) in [4.78, 5) is 70.4. The first kappa shape index (κ1) is 29.8. The number of H-pyrrole nitrogens is 1. The zero-order valence-electron chi connectivity index (χ0n) is 19.8. The Balaban J connectivity index is 2.79. The van der Waals surface area contributed by atoms with Gasteiger partial charge in [0, 0.05) is 31.3 Å². The number of carboxylic acid groups (broad SMARTS) is 2. The van der Waals surface area contributed by atoms with Gasteiger partial charge in [0.05, 0.1) is 12.4 Å². The van der Waals surface area contributed by atoms with E-state index >= 15 is 0 Å². The number of rotatable bonds is 16. The molecule has 0 aliphatic rings. The lowest BCUT2D eigenvalue weighted by Crippen LogP contribution is -2.57. The molecule has 16 nitrogen and oxygen atoms in total. The molecule has 0 aromatic carbocycles. The Labute approximate surface area is 206 Å². The molecular weight excluding hydrogens is 478 g/mol. The number of aromatic nitrogens is 2. The summed E-state index contributed by atoms with van der Waals surface area (Å²) in [5.41, 5.74) is 16.9. The Kier molecular flexibility index (Phi) is 12.4. The smallest absolute Gasteiger partial charge is 0.326 e. The van der Waals surface area contributed by atoms with E-state index in [1.165, 1.54) is 19.4 Å². The summed E-state index contributed by atoms with van der Waals surface area (Å²) in [7, 11) is 0. The number of carbonyl (C=O) groups excluding carboxylic acids is 3. The standard InChI is InChI=1S/C20H33N9O7/c1-10(16(32)28-13(19(35)36)4-5-15(30)31)27-18(34)14(7-11-8-24-9-26-11)29-17(33)12(21)3-2-6-25-20(22)23/h8-10,12-14H,2-7,21H2,1H3,(H,24,26)(H,27,34)(H,28,32)(H,29,33)(H,30,31)(H,35,36)(H4,22,23,25). The second kappa shape index (κ2) is 14.9. The summed E-state index contributed by atoms with van der Waals surface area (Å²) in [6, 6.07) is -4.74. The van der Waals surface area contributed by atoms with Crippen molar-refractivity contribution in [2.45, 2.75) is 63.2 Å². The molecule has 0 saturated carbocycles. The van der Waals surface area contributed by atoms with E-state index < -0.39 is 60.2 Å². The quantitative estimate of drug-likeness (QED) is 0.0603. The van der Waals surface area contributed by atoms with Crippen LogP contribution in [0, 0.1) is 0 Å². The predicted molar refractivity (Wildman–Crippen MR) is 126 cm³/mol. The average molecular weight is 512 g/mol. The van der Waals surface area contributed by atoms with Crippen LogP contribution < -0.4 is 33.2 Å². The van der Waals surface area contributed by atoms with Crippen molar-refractivity contribution in [3.63, 3.8) is 0 Å². The van der Waals surface area contributed by atoms with Crippen molar-refractivity contribution in [1.29, 1.82) is 0 Å². The first-order valence-corrected chi connectivity index (χ1v) is 11.0. The molecule has 1 heterocycles. The normalized spacial score (nSPS) is 13.9. The molecule has 0 saturated heterocycles. The van der Waals surface area contributed by atoms with E-state index in [1.807, 2.05) is 0 Å². The number of guanidine groups is 1. The minimum atomic E-state index is -1.45. The van der Waals surface area contributed by atoms with Crippen molar-refractivity contribution < 1.29 is 34.2 Å². The van der Waals surface area contributed by atoms with E-state index in [0.717, 1.165) is 0 Å². The van der Waals surface area contributed by atoms with Crippen LogP contribution in [0.3, 0.4) is 0 Å². The van der Waals surface area contributed by atoms with Gasteiger partial charge in [-0.1, -0.05) is 0 Å². The Morgan fingerprint density at radius 3 is 2.25 bits per heavy atom. The molecule has 1 rings (SSSR count). The summed E-state index contributed by atoms with van der Waals surface area (Å²) in [6.07, 6.45) is 2.71. The first-order valence-electron chi connectivity index (χ1n) is 11.0. The highest BCUT2D eigenvalue weighted by Gasteiger charge is 2.29.